The maximum atomic E-state index is 9.47. The molecule has 0 spiro atoms. The summed E-state index contributed by atoms with van der Waals surface area (Å²) < 4.78 is 2.26. The van der Waals surface area contributed by atoms with Gasteiger partial charge in [-0.2, -0.15) is 0 Å². The third kappa shape index (κ3) is 3.84. The molecule has 1 aromatic carbocycles. The molecule has 1 unspecified atom stereocenters. The Kier molecular flexibility index (Phi) is 5.21. The second-order valence-corrected chi connectivity index (χ2v) is 6.03. The Morgan fingerprint density at radius 1 is 1.20 bits per heavy atom. The van der Waals surface area contributed by atoms with Crippen molar-refractivity contribution in [3.05, 3.63) is 36.0 Å². The van der Waals surface area contributed by atoms with Gasteiger partial charge in [-0.25, -0.2) is 0 Å². The molecule has 0 fully saturated rings. The number of hydrogen-bond donors (Lipinski definition) is 2. The first kappa shape index (κ1) is 15.1. The van der Waals surface area contributed by atoms with E-state index in [1.54, 1.807) is 0 Å². The molecular weight excluding hydrogens is 248 g/mol. The molecule has 0 amide bonds. The molecule has 20 heavy (non-hydrogen) atoms. The Morgan fingerprint density at radius 2 is 2.00 bits per heavy atom. The van der Waals surface area contributed by atoms with Gasteiger partial charge in [-0.05, 0) is 42.8 Å². The molecule has 0 saturated carbocycles. The fourth-order valence-corrected chi connectivity index (χ4v) is 2.49. The summed E-state index contributed by atoms with van der Waals surface area (Å²) >= 11 is 0. The topological polar surface area (TPSA) is 37.2 Å². The Morgan fingerprint density at radius 3 is 2.70 bits per heavy atom. The van der Waals surface area contributed by atoms with Gasteiger partial charge in [0.1, 0.15) is 0 Å². The van der Waals surface area contributed by atoms with Gasteiger partial charge in [-0.3, -0.25) is 0 Å². The number of para-hydroxylation sites is 1. The van der Waals surface area contributed by atoms with Crippen LogP contribution >= 0.6 is 0 Å². The third-order valence-electron chi connectivity index (χ3n) is 3.53. The minimum atomic E-state index is -0.251. The second-order valence-electron chi connectivity index (χ2n) is 6.03. The Labute approximate surface area is 121 Å². The number of aromatic nitrogens is 1. The predicted molar refractivity (Wildman–Crippen MR) is 84.8 cm³/mol. The van der Waals surface area contributed by atoms with E-state index in [4.69, 9.17) is 0 Å². The fourth-order valence-electron chi connectivity index (χ4n) is 2.49. The van der Waals surface area contributed by atoms with Crippen LogP contribution in [-0.4, -0.2) is 22.3 Å². The summed E-state index contributed by atoms with van der Waals surface area (Å²) in [5.41, 5.74) is 2.63. The van der Waals surface area contributed by atoms with Gasteiger partial charge < -0.3 is 15.0 Å². The van der Waals surface area contributed by atoms with Gasteiger partial charge in [0.15, 0.2) is 0 Å². The first-order valence-corrected chi connectivity index (χ1v) is 7.53. The van der Waals surface area contributed by atoms with Gasteiger partial charge in [0, 0.05) is 19.3 Å². The summed E-state index contributed by atoms with van der Waals surface area (Å²) in [4.78, 5) is 0. The first-order valence-electron chi connectivity index (χ1n) is 7.53. The second kappa shape index (κ2) is 6.91. The standard InChI is InChI=1S/C17H26N2O/c1-13(2)11-18-12-16-6-4-5-15-8-10-19(17(15)16)9-7-14(3)20/h4-6,8,10,13-14,18,20H,7,9,11-12H2,1-3H3. The highest BCUT2D eigenvalue weighted by atomic mass is 16.3. The van der Waals surface area contributed by atoms with Crippen LogP contribution in [0.2, 0.25) is 0 Å². The number of aliphatic hydroxyl groups excluding tert-OH is 1. The lowest BCUT2D eigenvalue weighted by molar-refractivity contribution is 0.178. The lowest BCUT2D eigenvalue weighted by Crippen LogP contribution is -2.19. The van der Waals surface area contributed by atoms with Crippen molar-refractivity contribution in [3.63, 3.8) is 0 Å². The Balaban J connectivity index is 2.18. The molecule has 3 heteroatoms. The van der Waals surface area contributed by atoms with E-state index in [1.807, 2.05) is 6.92 Å². The van der Waals surface area contributed by atoms with Crippen molar-refractivity contribution in [2.45, 2.75) is 46.4 Å². The van der Waals surface area contributed by atoms with Gasteiger partial charge in [-0.15, -0.1) is 0 Å². The number of aryl methyl sites for hydroxylation is 1. The number of benzene rings is 1. The van der Waals surface area contributed by atoms with Crippen molar-refractivity contribution < 1.29 is 5.11 Å². The van der Waals surface area contributed by atoms with Crippen LogP contribution in [0.25, 0.3) is 10.9 Å². The van der Waals surface area contributed by atoms with Gasteiger partial charge in [0.25, 0.3) is 0 Å². The number of rotatable bonds is 7. The van der Waals surface area contributed by atoms with Crippen molar-refractivity contribution in [1.29, 1.82) is 0 Å². The molecule has 0 saturated heterocycles. The number of nitrogens with zero attached hydrogens (tertiary/aromatic N) is 1. The van der Waals surface area contributed by atoms with E-state index < -0.39 is 0 Å². The van der Waals surface area contributed by atoms with Crippen molar-refractivity contribution >= 4 is 10.9 Å². The van der Waals surface area contributed by atoms with Crippen LogP contribution in [0.5, 0.6) is 0 Å². The number of hydrogen-bond acceptors (Lipinski definition) is 2. The Bertz CT molecular complexity index is 543. The number of nitrogens with one attached hydrogen (secondary N) is 1. The smallest absolute Gasteiger partial charge is 0.0529 e. The molecule has 0 aliphatic carbocycles. The molecule has 1 heterocycles. The molecule has 3 nitrogen and oxygen atoms in total. The van der Waals surface area contributed by atoms with Gasteiger partial charge >= 0.3 is 0 Å². The summed E-state index contributed by atoms with van der Waals surface area (Å²) in [7, 11) is 0. The maximum Gasteiger partial charge on any atom is 0.0529 e. The summed E-state index contributed by atoms with van der Waals surface area (Å²) in [6.07, 6.45) is 2.66. The molecule has 0 aliphatic heterocycles. The zero-order valence-corrected chi connectivity index (χ0v) is 12.8. The van der Waals surface area contributed by atoms with Crippen LogP contribution in [0.1, 0.15) is 32.8 Å². The highest BCUT2D eigenvalue weighted by molar-refractivity contribution is 5.83. The number of aliphatic hydroxyl groups is 1. The molecule has 0 radical (unpaired) electrons. The summed E-state index contributed by atoms with van der Waals surface area (Å²) in [5.74, 6) is 0.663. The third-order valence-corrected chi connectivity index (χ3v) is 3.53. The van der Waals surface area contributed by atoms with E-state index in [9.17, 15) is 5.11 Å². The quantitative estimate of drug-likeness (QED) is 0.814. The van der Waals surface area contributed by atoms with Crippen molar-refractivity contribution in [1.82, 2.24) is 9.88 Å². The zero-order valence-electron chi connectivity index (χ0n) is 12.8. The lowest BCUT2D eigenvalue weighted by atomic mass is 10.1. The van der Waals surface area contributed by atoms with E-state index in [2.05, 4.69) is 54.2 Å². The lowest BCUT2D eigenvalue weighted by Gasteiger charge is -2.12. The molecule has 1 aromatic heterocycles. The zero-order chi connectivity index (χ0) is 14.5. The number of fused-ring (bicyclic) bond motifs is 1. The van der Waals surface area contributed by atoms with Crippen LogP contribution in [0.3, 0.4) is 0 Å². The summed E-state index contributed by atoms with van der Waals surface area (Å²) in [6, 6.07) is 8.62. The molecule has 2 rings (SSSR count). The predicted octanol–water partition coefficient (Wildman–Crippen LogP) is 3.16. The molecule has 0 bridgehead atoms. The molecule has 110 valence electrons. The highest BCUT2D eigenvalue weighted by Gasteiger charge is 2.07. The minimum Gasteiger partial charge on any atom is -0.393 e. The molecule has 2 aromatic rings. The maximum absolute atomic E-state index is 9.47. The first-order chi connectivity index (χ1) is 9.58. The van der Waals surface area contributed by atoms with Crippen LogP contribution < -0.4 is 5.32 Å². The molecule has 0 aliphatic rings. The monoisotopic (exact) mass is 274 g/mol. The summed E-state index contributed by atoms with van der Waals surface area (Å²) in [6.45, 7) is 9.08. The van der Waals surface area contributed by atoms with Gasteiger partial charge in [0.05, 0.1) is 11.6 Å². The van der Waals surface area contributed by atoms with E-state index in [0.717, 1.165) is 26.1 Å². The normalized spacial score (nSPS) is 13.2. The van der Waals surface area contributed by atoms with Gasteiger partial charge in [0.2, 0.25) is 0 Å². The van der Waals surface area contributed by atoms with E-state index in [-0.39, 0.29) is 6.10 Å². The van der Waals surface area contributed by atoms with Crippen LogP contribution in [-0.2, 0) is 13.1 Å². The van der Waals surface area contributed by atoms with Crippen molar-refractivity contribution in [2.75, 3.05) is 6.54 Å². The van der Waals surface area contributed by atoms with Crippen LogP contribution in [0, 0.1) is 5.92 Å². The van der Waals surface area contributed by atoms with Crippen LogP contribution in [0.4, 0.5) is 0 Å². The van der Waals surface area contributed by atoms with Crippen molar-refractivity contribution in [3.8, 4) is 0 Å². The average Bonchev–Trinajstić information content (AvgIpc) is 2.80. The fraction of sp³-hybridized carbons (Fsp3) is 0.529. The van der Waals surface area contributed by atoms with Gasteiger partial charge in [-0.1, -0.05) is 32.0 Å². The highest BCUT2D eigenvalue weighted by Crippen LogP contribution is 2.21. The van der Waals surface area contributed by atoms with Crippen molar-refractivity contribution in [2.24, 2.45) is 5.92 Å². The molecular formula is C17H26N2O. The van der Waals surface area contributed by atoms with E-state index in [1.165, 1.54) is 16.5 Å². The molecule has 1 atom stereocenters. The minimum absolute atomic E-state index is 0.251. The average molecular weight is 274 g/mol. The van der Waals surface area contributed by atoms with E-state index in [0.29, 0.717) is 5.92 Å². The summed E-state index contributed by atoms with van der Waals surface area (Å²) in [5, 5.41) is 14.3. The van der Waals surface area contributed by atoms with E-state index >= 15 is 0 Å². The Hall–Kier alpha value is -1.32. The van der Waals surface area contributed by atoms with Crippen LogP contribution in [0.15, 0.2) is 30.5 Å². The SMILES string of the molecule is CC(C)CNCc1cccc2ccn(CCC(C)O)c12. The molecule has 2 N–H and O–H groups in total. The largest absolute Gasteiger partial charge is 0.393 e.